The van der Waals surface area contributed by atoms with E-state index in [2.05, 4.69) is 26.0 Å². The molecule has 154 valence electrons. The van der Waals surface area contributed by atoms with Gasteiger partial charge >= 0.3 is 0 Å². The van der Waals surface area contributed by atoms with Crippen LogP contribution in [0.4, 0.5) is 20.4 Å². The molecule has 10 heteroatoms. The topological polar surface area (TPSA) is 101 Å². The van der Waals surface area contributed by atoms with Crippen molar-refractivity contribution >= 4 is 23.5 Å². The van der Waals surface area contributed by atoms with E-state index < -0.39 is 18.9 Å². The van der Waals surface area contributed by atoms with Crippen LogP contribution < -0.4 is 16.0 Å². The zero-order valence-electron chi connectivity index (χ0n) is 15.9. The molecule has 2 amide bonds. The van der Waals surface area contributed by atoms with Crippen LogP contribution in [-0.4, -0.2) is 39.5 Å². The van der Waals surface area contributed by atoms with Crippen molar-refractivity contribution in [3.8, 4) is 11.4 Å². The fourth-order valence-electron chi connectivity index (χ4n) is 3.10. The number of hydrogen-bond acceptors (Lipinski definition) is 5. The zero-order valence-corrected chi connectivity index (χ0v) is 15.9. The van der Waals surface area contributed by atoms with Crippen LogP contribution in [-0.2, 0) is 13.6 Å². The number of aryl methyl sites for hydroxylation is 1. The van der Waals surface area contributed by atoms with Crippen molar-refractivity contribution in [3.05, 3.63) is 59.2 Å². The third-order valence-electron chi connectivity index (χ3n) is 4.63. The van der Waals surface area contributed by atoms with Gasteiger partial charge in [-0.1, -0.05) is 12.1 Å². The largest absolute Gasteiger partial charge is 0.348 e. The average Bonchev–Trinajstić information content (AvgIpc) is 3.29. The SMILES string of the molecule is Cn1nc(-c2ccc(C(=O)NCC(F)F)cc2)nc1Nc1ccc2c(c1)CNC2=O. The zero-order chi connectivity index (χ0) is 21.3. The van der Waals surface area contributed by atoms with Gasteiger partial charge in [0.2, 0.25) is 5.95 Å². The van der Waals surface area contributed by atoms with E-state index in [1.807, 2.05) is 6.07 Å². The summed E-state index contributed by atoms with van der Waals surface area (Å²) in [6, 6.07) is 11.8. The van der Waals surface area contributed by atoms with E-state index in [0.29, 0.717) is 29.4 Å². The van der Waals surface area contributed by atoms with Gasteiger partial charge in [-0.3, -0.25) is 9.59 Å². The minimum atomic E-state index is -2.60. The number of nitrogens with zero attached hydrogens (tertiary/aromatic N) is 3. The van der Waals surface area contributed by atoms with Crippen molar-refractivity contribution in [3.63, 3.8) is 0 Å². The van der Waals surface area contributed by atoms with Gasteiger partial charge in [-0.05, 0) is 35.9 Å². The lowest BCUT2D eigenvalue weighted by atomic mass is 10.1. The van der Waals surface area contributed by atoms with E-state index in [9.17, 15) is 18.4 Å². The molecule has 0 spiro atoms. The van der Waals surface area contributed by atoms with E-state index in [1.54, 1.807) is 36.0 Å². The number of halogens is 2. The van der Waals surface area contributed by atoms with E-state index in [1.165, 1.54) is 12.1 Å². The number of fused-ring (bicyclic) bond motifs is 1. The Bertz CT molecular complexity index is 1110. The lowest BCUT2D eigenvalue weighted by Gasteiger charge is -2.06. The predicted octanol–water partition coefficient (Wildman–Crippen LogP) is 2.46. The molecule has 3 aromatic rings. The Balaban J connectivity index is 1.49. The maximum absolute atomic E-state index is 12.2. The van der Waals surface area contributed by atoms with Crippen LogP contribution in [0.25, 0.3) is 11.4 Å². The molecule has 2 heterocycles. The summed E-state index contributed by atoms with van der Waals surface area (Å²) in [6.45, 7) is -0.199. The van der Waals surface area contributed by atoms with Gasteiger partial charge in [0.15, 0.2) is 5.82 Å². The molecule has 0 aliphatic carbocycles. The lowest BCUT2D eigenvalue weighted by Crippen LogP contribution is -2.28. The van der Waals surface area contributed by atoms with Crippen molar-refractivity contribution < 1.29 is 18.4 Å². The first-order valence-corrected chi connectivity index (χ1v) is 9.16. The second-order valence-corrected chi connectivity index (χ2v) is 6.74. The maximum atomic E-state index is 12.2. The summed E-state index contributed by atoms with van der Waals surface area (Å²) in [5.74, 6) is 0.296. The summed E-state index contributed by atoms with van der Waals surface area (Å²) in [6.07, 6.45) is -2.60. The Morgan fingerprint density at radius 2 is 2.00 bits per heavy atom. The van der Waals surface area contributed by atoms with Crippen molar-refractivity contribution in [2.45, 2.75) is 13.0 Å². The minimum Gasteiger partial charge on any atom is -0.348 e. The van der Waals surface area contributed by atoms with Crippen LogP contribution in [0.3, 0.4) is 0 Å². The van der Waals surface area contributed by atoms with Crippen LogP contribution in [0.2, 0.25) is 0 Å². The lowest BCUT2D eigenvalue weighted by molar-refractivity contribution is 0.0891. The Morgan fingerprint density at radius 1 is 1.23 bits per heavy atom. The van der Waals surface area contributed by atoms with Crippen LogP contribution in [0.15, 0.2) is 42.5 Å². The van der Waals surface area contributed by atoms with Gasteiger partial charge in [-0.15, -0.1) is 5.10 Å². The first-order chi connectivity index (χ1) is 14.4. The molecule has 0 unspecified atom stereocenters. The fraction of sp³-hybridized carbons (Fsp3) is 0.200. The van der Waals surface area contributed by atoms with Crippen LogP contribution in [0.5, 0.6) is 0 Å². The molecule has 0 atom stereocenters. The molecule has 30 heavy (non-hydrogen) atoms. The summed E-state index contributed by atoms with van der Waals surface area (Å²) in [5.41, 5.74) is 3.30. The molecule has 0 saturated carbocycles. The maximum Gasteiger partial charge on any atom is 0.255 e. The molecular weight excluding hydrogens is 394 g/mol. The number of rotatable bonds is 6. The molecular formula is C20H18F2N6O2. The summed E-state index contributed by atoms with van der Waals surface area (Å²) < 4.78 is 26.0. The second-order valence-electron chi connectivity index (χ2n) is 6.74. The van der Waals surface area contributed by atoms with E-state index in [0.717, 1.165) is 11.3 Å². The molecule has 1 aliphatic rings. The summed E-state index contributed by atoms with van der Waals surface area (Å²) in [7, 11) is 1.74. The van der Waals surface area contributed by atoms with Gasteiger partial charge in [-0.25, -0.2) is 13.5 Å². The molecule has 2 aromatic carbocycles. The van der Waals surface area contributed by atoms with Crippen molar-refractivity contribution in [2.24, 2.45) is 7.05 Å². The standard InChI is InChI=1S/C20H18F2N6O2/c1-28-20(25-14-6-7-15-13(8-14)9-23-19(15)30)26-17(27-28)11-2-4-12(5-3-11)18(29)24-10-16(21)22/h2-8,16H,9-10H2,1H3,(H,23,30)(H,24,29)(H,25,26,27). The second kappa shape index (κ2) is 7.90. The van der Waals surface area contributed by atoms with Gasteiger partial charge in [0, 0.05) is 36.0 Å². The molecule has 3 N–H and O–H groups in total. The number of carbonyl (C=O) groups excluding carboxylic acids is 2. The van der Waals surface area contributed by atoms with Gasteiger partial charge < -0.3 is 16.0 Å². The first-order valence-electron chi connectivity index (χ1n) is 9.16. The highest BCUT2D eigenvalue weighted by Crippen LogP contribution is 2.24. The number of carbonyl (C=O) groups is 2. The molecule has 1 aliphatic heterocycles. The quantitative estimate of drug-likeness (QED) is 0.578. The molecule has 0 saturated heterocycles. The number of alkyl halides is 2. The van der Waals surface area contributed by atoms with E-state index in [-0.39, 0.29) is 11.5 Å². The van der Waals surface area contributed by atoms with Crippen LogP contribution in [0, 0.1) is 0 Å². The number of anilines is 2. The van der Waals surface area contributed by atoms with Crippen molar-refractivity contribution in [2.75, 3.05) is 11.9 Å². The highest BCUT2D eigenvalue weighted by atomic mass is 19.3. The van der Waals surface area contributed by atoms with Crippen molar-refractivity contribution in [1.82, 2.24) is 25.4 Å². The number of amides is 2. The van der Waals surface area contributed by atoms with Crippen molar-refractivity contribution in [1.29, 1.82) is 0 Å². The highest BCUT2D eigenvalue weighted by Gasteiger charge is 2.19. The molecule has 0 bridgehead atoms. The third-order valence-corrected chi connectivity index (χ3v) is 4.63. The number of aromatic nitrogens is 3. The highest BCUT2D eigenvalue weighted by molar-refractivity contribution is 5.98. The molecule has 1 aromatic heterocycles. The van der Waals surface area contributed by atoms with E-state index in [4.69, 9.17) is 0 Å². The Labute approximate surface area is 170 Å². The summed E-state index contributed by atoms with van der Waals surface area (Å²) in [4.78, 5) is 28.0. The third kappa shape index (κ3) is 3.97. The smallest absolute Gasteiger partial charge is 0.255 e. The summed E-state index contributed by atoms with van der Waals surface area (Å²) >= 11 is 0. The Morgan fingerprint density at radius 3 is 2.73 bits per heavy atom. The normalized spacial score (nSPS) is 12.6. The number of nitrogens with one attached hydrogen (secondary N) is 3. The summed E-state index contributed by atoms with van der Waals surface area (Å²) in [5, 5.41) is 12.5. The van der Waals surface area contributed by atoms with Gasteiger partial charge in [-0.2, -0.15) is 4.98 Å². The monoisotopic (exact) mass is 412 g/mol. The minimum absolute atomic E-state index is 0.0798. The number of hydrogen-bond donors (Lipinski definition) is 3. The van der Waals surface area contributed by atoms with E-state index >= 15 is 0 Å². The molecule has 8 nitrogen and oxygen atoms in total. The van der Waals surface area contributed by atoms with Crippen LogP contribution in [0.1, 0.15) is 26.3 Å². The Kier molecular flexibility index (Phi) is 5.13. The number of benzene rings is 2. The fourth-order valence-corrected chi connectivity index (χ4v) is 3.10. The predicted molar refractivity (Wildman–Crippen MR) is 106 cm³/mol. The molecule has 4 rings (SSSR count). The Hall–Kier alpha value is -3.82. The first kappa shape index (κ1) is 19.5. The van der Waals surface area contributed by atoms with Crippen LogP contribution >= 0.6 is 0 Å². The van der Waals surface area contributed by atoms with Gasteiger partial charge in [0.1, 0.15) is 0 Å². The van der Waals surface area contributed by atoms with Gasteiger partial charge in [0.05, 0.1) is 6.54 Å². The van der Waals surface area contributed by atoms with Gasteiger partial charge in [0.25, 0.3) is 18.2 Å². The molecule has 0 fully saturated rings. The molecule has 0 radical (unpaired) electrons. The average molecular weight is 412 g/mol.